The molecule has 0 saturated carbocycles. The zero-order chi connectivity index (χ0) is 28.7. The lowest BCUT2D eigenvalue weighted by Crippen LogP contribution is -2.37. The highest BCUT2D eigenvalue weighted by atomic mass is 16.5. The van der Waals surface area contributed by atoms with Crippen molar-refractivity contribution in [1.29, 1.82) is 0 Å². The van der Waals surface area contributed by atoms with Gasteiger partial charge in [-0.05, 0) is 62.3 Å². The second-order valence-corrected chi connectivity index (χ2v) is 9.78. The molecule has 39 heavy (non-hydrogen) atoms. The predicted octanol–water partition coefficient (Wildman–Crippen LogP) is 4.40. The molecule has 2 aliphatic rings. The van der Waals surface area contributed by atoms with Crippen LogP contribution in [-0.4, -0.2) is 68.6 Å². The molecule has 0 aliphatic carbocycles. The molecular formula is C31H39N4O4+. The molecule has 2 heterocycles. The summed E-state index contributed by atoms with van der Waals surface area (Å²) < 4.78 is 10.3. The van der Waals surface area contributed by atoms with E-state index in [1.807, 2.05) is 58.4 Å². The molecule has 206 valence electrons. The van der Waals surface area contributed by atoms with Crippen LogP contribution in [0.1, 0.15) is 36.2 Å². The Bertz CT molecular complexity index is 1320. The van der Waals surface area contributed by atoms with Crippen molar-refractivity contribution in [2.75, 3.05) is 41.4 Å². The highest BCUT2D eigenvalue weighted by Crippen LogP contribution is 2.36. The smallest absolute Gasteiger partial charge is 0.393 e. The molecule has 8 nitrogen and oxygen atoms in total. The SMILES string of the molecule is C=C1C(=CC(=CC)C2=CC(C(N)=NCc3ccc(C(=O)OC)cc3)=CCCN2C)C=C(C(=O)OCC)[N+]1(C)C. The maximum absolute atomic E-state index is 12.6. The van der Waals surface area contributed by atoms with Gasteiger partial charge in [0, 0.05) is 36.5 Å². The molecular weight excluding hydrogens is 492 g/mol. The van der Waals surface area contributed by atoms with Crippen molar-refractivity contribution in [3.05, 3.63) is 106 Å². The van der Waals surface area contributed by atoms with Crippen LogP contribution in [0.25, 0.3) is 0 Å². The van der Waals surface area contributed by atoms with Gasteiger partial charge in [0.25, 0.3) is 0 Å². The number of hydrogen-bond acceptors (Lipinski definition) is 6. The molecule has 0 atom stereocenters. The Kier molecular flexibility index (Phi) is 9.48. The van der Waals surface area contributed by atoms with Crippen LogP contribution < -0.4 is 5.73 Å². The number of carbonyl (C=O) groups is 2. The normalized spacial score (nSPS) is 18.8. The van der Waals surface area contributed by atoms with Crippen molar-refractivity contribution < 1.29 is 23.5 Å². The highest BCUT2D eigenvalue weighted by Gasteiger charge is 2.40. The fourth-order valence-corrected chi connectivity index (χ4v) is 4.41. The van der Waals surface area contributed by atoms with Gasteiger partial charge in [0.2, 0.25) is 5.70 Å². The lowest BCUT2D eigenvalue weighted by molar-refractivity contribution is -0.801. The molecule has 0 radical (unpaired) electrons. The molecule has 0 saturated heterocycles. The lowest BCUT2D eigenvalue weighted by Gasteiger charge is -2.26. The van der Waals surface area contributed by atoms with E-state index < -0.39 is 0 Å². The number of hydrogen-bond donors (Lipinski definition) is 1. The molecule has 2 aliphatic heterocycles. The summed E-state index contributed by atoms with van der Waals surface area (Å²) in [5.74, 6) is -0.273. The zero-order valence-corrected chi connectivity index (χ0v) is 23.8. The summed E-state index contributed by atoms with van der Waals surface area (Å²) in [7, 11) is 7.26. The Morgan fingerprint density at radius 1 is 1.18 bits per heavy atom. The molecule has 0 unspecified atom stereocenters. The number of methoxy groups -OCH3 is 1. The van der Waals surface area contributed by atoms with Gasteiger partial charge in [-0.25, -0.2) is 9.59 Å². The maximum atomic E-state index is 12.6. The third kappa shape index (κ3) is 6.64. The quantitative estimate of drug-likeness (QED) is 0.231. The van der Waals surface area contributed by atoms with Crippen LogP contribution in [0.15, 0.2) is 100 Å². The van der Waals surface area contributed by atoms with Crippen LogP contribution in [0.4, 0.5) is 0 Å². The summed E-state index contributed by atoms with van der Waals surface area (Å²) >= 11 is 0. The first-order chi connectivity index (χ1) is 18.5. The first-order valence-electron chi connectivity index (χ1n) is 13.0. The average molecular weight is 532 g/mol. The van der Waals surface area contributed by atoms with Gasteiger partial charge in [-0.15, -0.1) is 0 Å². The molecule has 0 bridgehead atoms. The van der Waals surface area contributed by atoms with Crippen molar-refractivity contribution in [3.63, 3.8) is 0 Å². The topological polar surface area (TPSA) is 94.2 Å². The van der Waals surface area contributed by atoms with E-state index in [0.717, 1.165) is 46.6 Å². The van der Waals surface area contributed by atoms with E-state index in [-0.39, 0.29) is 16.4 Å². The fourth-order valence-electron chi connectivity index (χ4n) is 4.41. The van der Waals surface area contributed by atoms with Crippen molar-refractivity contribution in [2.24, 2.45) is 10.7 Å². The first-order valence-corrected chi connectivity index (χ1v) is 13.0. The zero-order valence-electron chi connectivity index (χ0n) is 23.8. The number of rotatable bonds is 8. The summed E-state index contributed by atoms with van der Waals surface area (Å²) in [6.07, 6.45) is 10.9. The molecule has 0 aromatic heterocycles. The largest absolute Gasteiger partial charge is 0.465 e. The number of aliphatic imine (C=N–C) groups is 1. The van der Waals surface area contributed by atoms with E-state index in [1.54, 1.807) is 19.1 Å². The number of carbonyl (C=O) groups excluding carboxylic acids is 2. The van der Waals surface area contributed by atoms with Crippen LogP contribution >= 0.6 is 0 Å². The van der Waals surface area contributed by atoms with Crippen molar-refractivity contribution in [3.8, 4) is 0 Å². The molecule has 0 amide bonds. The number of nitrogens with two attached hydrogens (primary N) is 1. The molecule has 1 aromatic carbocycles. The minimum atomic E-state index is -0.374. The van der Waals surface area contributed by atoms with E-state index in [0.29, 0.717) is 30.2 Å². The van der Waals surface area contributed by atoms with Gasteiger partial charge in [0.15, 0.2) is 0 Å². The van der Waals surface area contributed by atoms with Crippen LogP contribution in [0.5, 0.6) is 0 Å². The van der Waals surface area contributed by atoms with Crippen LogP contribution in [0, 0.1) is 0 Å². The first kappa shape index (κ1) is 29.4. The van der Waals surface area contributed by atoms with E-state index >= 15 is 0 Å². The number of benzene rings is 1. The molecule has 0 fully saturated rings. The Labute approximate surface area is 231 Å². The van der Waals surface area contributed by atoms with Crippen molar-refractivity contribution in [1.82, 2.24) is 4.90 Å². The number of amidine groups is 1. The van der Waals surface area contributed by atoms with Crippen LogP contribution in [0.3, 0.4) is 0 Å². The summed E-state index contributed by atoms with van der Waals surface area (Å²) in [4.78, 5) is 31.1. The monoisotopic (exact) mass is 531 g/mol. The predicted molar refractivity (Wildman–Crippen MR) is 154 cm³/mol. The number of ether oxygens (including phenoxy) is 2. The standard InChI is InChI=1S/C31H39N4O4/c1-8-23(17-26-19-28(31(37)39-9-2)35(5,6)21(26)3)27-18-25(11-10-16-34(27)4)29(32)33-20-22-12-14-24(15-13-22)30(36)38-7/h8,11-15,17-19H,3,9-10,16,20H2,1-2,4-7H3,(H2,32,33)/q+1. The van der Waals surface area contributed by atoms with Crippen LogP contribution in [-0.2, 0) is 20.8 Å². The Hall–Kier alpha value is -4.17. The fraction of sp³-hybridized carbons (Fsp3) is 0.323. The number of nitrogens with zero attached hydrogens (tertiary/aromatic N) is 3. The van der Waals surface area contributed by atoms with Crippen molar-refractivity contribution in [2.45, 2.75) is 26.8 Å². The van der Waals surface area contributed by atoms with Gasteiger partial charge in [-0.3, -0.25) is 9.48 Å². The molecule has 1 aromatic rings. The maximum Gasteiger partial charge on any atom is 0.393 e. The Balaban J connectivity index is 1.89. The third-order valence-corrected chi connectivity index (χ3v) is 6.94. The molecule has 3 rings (SSSR count). The van der Waals surface area contributed by atoms with E-state index in [2.05, 4.69) is 28.6 Å². The summed E-state index contributed by atoms with van der Waals surface area (Å²) in [6.45, 7) is 9.57. The summed E-state index contributed by atoms with van der Waals surface area (Å²) in [6, 6.07) is 7.12. The number of likely N-dealkylation sites (N-methyl/N-ethyl adjacent to an activating group) is 2. The van der Waals surface area contributed by atoms with Gasteiger partial charge in [-0.1, -0.05) is 24.3 Å². The molecule has 8 heteroatoms. The Morgan fingerprint density at radius 2 is 1.87 bits per heavy atom. The van der Waals surface area contributed by atoms with Gasteiger partial charge in [0.05, 0.1) is 39.9 Å². The second-order valence-electron chi connectivity index (χ2n) is 9.78. The second kappa shape index (κ2) is 12.6. The molecule has 0 spiro atoms. The van der Waals surface area contributed by atoms with E-state index in [4.69, 9.17) is 15.2 Å². The van der Waals surface area contributed by atoms with Gasteiger partial charge >= 0.3 is 11.9 Å². The van der Waals surface area contributed by atoms with Gasteiger partial charge in [-0.2, -0.15) is 0 Å². The number of esters is 2. The average Bonchev–Trinajstić information content (AvgIpc) is 3.04. The highest BCUT2D eigenvalue weighted by molar-refractivity contribution is 6.00. The molecule has 2 N–H and O–H groups in total. The summed E-state index contributed by atoms with van der Waals surface area (Å²) in [5, 5.41) is 0. The minimum absolute atomic E-state index is 0.238. The van der Waals surface area contributed by atoms with Crippen LogP contribution in [0.2, 0.25) is 0 Å². The summed E-state index contributed by atoms with van der Waals surface area (Å²) in [5.41, 5.74) is 12.9. The van der Waals surface area contributed by atoms with E-state index in [9.17, 15) is 9.59 Å². The van der Waals surface area contributed by atoms with E-state index in [1.165, 1.54) is 7.11 Å². The minimum Gasteiger partial charge on any atom is -0.465 e. The number of allylic oxidation sites excluding steroid dienone is 3. The number of quaternary nitrogens is 1. The van der Waals surface area contributed by atoms with Gasteiger partial charge in [0.1, 0.15) is 11.5 Å². The third-order valence-electron chi connectivity index (χ3n) is 6.94. The Morgan fingerprint density at radius 3 is 2.49 bits per heavy atom. The van der Waals surface area contributed by atoms with Gasteiger partial charge < -0.3 is 20.1 Å². The lowest BCUT2D eigenvalue weighted by atomic mass is 10.0. The van der Waals surface area contributed by atoms with Crippen molar-refractivity contribution >= 4 is 17.8 Å².